The van der Waals surface area contributed by atoms with Crippen LogP contribution in [0.5, 0.6) is 0 Å². The van der Waals surface area contributed by atoms with Gasteiger partial charge >= 0.3 is 11.9 Å². The van der Waals surface area contributed by atoms with E-state index < -0.39 is 18.0 Å². The number of nitrogens with two attached hydrogens (primary N) is 1. The Labute approximate surface area is 113 Å². The number of carbonyl (C=O) groups excluding carboxylic acids is 1. The maximum Gasteiger partial charge on any atom is 0.323 e. The maximum atomic E-state index is 11.3. The molecule has 0 heterocycles. The van der Waals surface area contributed by atoms with E-state index in [-0.39, 0.29) is 18.8 Å². The van der Waals surface area contributed by atoms with E-state index in [2.05, 4.69) is 0 Å². The molecule has 0 amide bonds. The van der Waals surface area contributed by atoms with Gasteiger partial charge in [0.25, 0.3) is 0 Å². The van der Waals surface area contributed by atoms with Gasteiger partial charge in [-0.15, -0.1) is 12.4 Å². The number of carboxylic acids is 1. The average molecular weight is 280 g/mol. The SMILES string of the molecule is Cl.N[C@@H](CC(=O)O)C(=O)OCCC1CCCCC1. The van der Waals surface area contributed by atoms with Crippen molar-refractivity contribution < 1.29 is 19.4 Å². The van der Waals surface area contributed by atoms with Gasteiger partial charge in [0.05, 0.1) is 13.0 Å². The molecule has 1 aliphatic rings. The first-order valence-corrected chi connectivity index (χ1v) is 6.23. The molecule has 0 aliphatic heterocycles. The van der Waals surface area contributed by atoms with E-state index in [9.17, 15) is 9.59 Å². The van der Waals surface area contributed by atoms with Crippen LogP contribution in [0.3, 0.4) is 0 Å². The molecule has 1 aliphatic carbocycles. The van der Waals surface area contributed by atoms with Gasteiger partial charge in [-0.3, -0.25) is 9.59 Å². The normalized spacial score (nSPS) is 17.6. The van der Waals surface area contributed by atoms with Gasteiger partial charge < -0.3 is 15.6 Å². The first kappa shape index (κ1) is 17.2. The molecule has 1 saturated carbocycles. The molecule has 0 radical (unpaired) electrons. The predicted molar refractivity (Wildman–Crippen MR) is 69.6 cm³/mol. The number of carboxylic acid groups (broad SMARTS) is 1. The smallest absolute Gasteiger partial charge is 0.323 e. The van der Waals surface area contributed by atoms with Crippen LogP contribution in [0.25, 0.3) is 0 Å². The fourth-order valence-electron chi connectivity index (χ4n) is 2.18. The van der Waals surface area contributed by atoms with Gasteiger partial charge in [0, 0.05) is 0 Å². The standard InChI is InChI=1S/C12H21NO4.ClH/c13-10(8-11(14)15)12(16)17-7-6-9-4-2-1-3-5-9;/h9-10H,1-8,13H2,(H,14,15);1H/t10-;/m0./s1. The summed E-state index contributed by atoms with van der Waals surface area (Å²) in [5.74, 6) is -1.04. The van der Waals surface area contributed by atoms with Crippen LogP contribution >= 0.6 is 12.4 Å². The number of esters is 1. The van der Waals surface area contributed by atoms with Crippen molar-refractivity contribution in [3.63, 3.8) is 0 Å². The summed E-state index contributed by atoms with van der Waals surface area (Å²) < 4.78 is 4.98. The topological polar surface area (TPSA) is 89.6 Å². The van der Waals surface area contributed by atoms with Crippen LogP contribution < -0.4 is 5.73 Å². The van der Waals surface area contributed by atoms with Crippen molar-refractivity contribution in [3.05, 3.63) is 0 Å². The molecule has 3 N–H and O–H groups in total. The maximum absolute atomic E-state index is 11.3. The van der Waals surface area contributed by atoms with Crippen molar-refractivity contribution >= 4 is 24.3 Å². The van der Waals surface area contributed by atoms with E-state index >= 15 is 0 Å². The predicted octanol–water partition coefficient (Wildman–Crippen LogP) is 1.72. The molecule has 0 spiro atoms. The van der Waals surface area contributed by atoms with Crippen molar-refractivity contribution in [2.24, 2.45) is 11.7 Å². The Bertz CT molecular complexity index is 267. The van der Waals surface area contributed by atoms with Crippen molar-refractivity contribution in [2.45, 2.75) is 51.0 Å². The highest BCUT2D eigenvalue weighted by Crippen LogP contribution is 2.26. The minimum atomic E-state index is -1.08. The lowest BCUT2D eigenvalue weighted by atomic mass is 9.87. The lowest BCUT2D eigenvalue weighted by molar-refractivity contribution is -0.149. The second-order valence-electron chi connectivity index (χ2n) is 4.66. The number of halogens is 1. The van der Waals surface area contributed by atoms with Crippen LogP contribution in [-0.4, -0.2) is 29.7 Å². The Morgan fingerprint density at radius 1 is 1.28 bits per heavy atom. The Morgan fingerprint density at radius 3 is 2.44 bits per heavy atom. The molecule has 106 valence electrons. The summed E-state index contributed by atoms with van der Waals surface area (Å²) in [4.78, 5) is 21.7. The Hall–Kier alpha value is -0.810. The molecule has 0 aromatic heterocycles. The van der Waals surface area contributed by atoms with Gasteiger partial charge in [-0.2, -0.15) is 0 Å². The van der Waals surface area contributed by atoms with Crippen molar-refractivity contribution in [3.8, 4) is 0 Å². The number of carbonyl (C=O) groups is 2. The van der Waals surface area contributed by atoms with Crippen LogP contribution in [0.15, 0.2) is 0 Å². The second kappa shape index (κ2) is 9.16. The highest BCUT2D eigenvalue weighted by atomic mass is 35.5. The van der Waals surface area contributed by atoms with E-state index in [1.165, 1.54) is 32.1 Å². The summed E-state index contributed by atoms with van der Waals surface area (Å²) in [6.07, 6.45) is 6.74. The highest BCUT2D eigenvalue weighted by Gasteiger charge is 2.19. The molecule has 0 aromatic rings. The number of rotatable bonds is 6. The molecule has 6 heteroatoms. The minimum absolute atomic E-state index is 0. The molecule has 0 saturated heterocycles. The monoisotopic (exact) mass is 279 g/mol. The Kier molecular flexibility index (Phi) is 8.75. The molecule has 0 unspecified atom stereocenters. The van der Waals surface area contributed by atoms with Crippen LogP contribution in [0.2, 0.25) is 0 Å². The molecule has 5 nitrogen and oxygen atoms in total. The Balaban J connectivity index is 0.00000289. The minimum Gasteiger partial charge on any atom is -0.481 e. The van der Waals surface area contributed by atoms with Crippen molar-refractivity contribution in [1.29, 1.82) is 0 Å². The third-order valence-corrected chi connectivity index (χ3v) is 3.19. The second-order valence-corrected chi connectivity index (χ2v) is 4.66. The molecule has 1 atom stereocenters. The lowest BCUT2D eigenvalue weighted by Gasteiger charge is -2.21. The van der Waals surface area contributed by atoms with Crippen molar-refractivity contribution in [1.82, 2.24) is 0 Å². The molecule has 1 fully saturated rings. The zero-order valence-electron chi connectivity index (χ0n) is 10.5. The number of ether oxygens (including phenoxy) is 1. The van der Waals surface area contributed by atoms with Crippen molar-refractivity contribution in [2.75, 3.05) is 6.61 Å². The quantitative estimate of drug-likeness (QED) is 0.723. The summed E-state index contributed by atoms with van der Waals surface area (Å²) >= 11 is 0. The van der Waals surface area contributed by atoms with Gasteiger partial charge in [-0.1, -0.05) is 32.1 Å². The molecular formula is C12H22ClNO4. The zero-order chi connectivity index (χ0) is 12.7. The molecule has 18 heavy (non-hydrogen) atoms. The van der Waals surface area contributed by atoms with Crippen LogP contribution in [0.4, 0.5) is 0 Å². The fourth-order valence-corrected chi connectivity index (χ4v) is 2.18. The largest absolute Gasteiger partial charge is 0.481 e. The van der Waals surface area contributed by atoms with Crippen LogP contribution in [0, 0.1) is 5.92 Å². The summed E-state index contributed by atoms with van der Waals surface area (Å²) in [7, 11) is 0. The Morgan fingerprint density at radius 2 is 1.89 bits per heavy atom. The van der Waals surface area contributed by atoms with Crippen LogP contribution in [0.1, 0.15) is 44.9 Å². The van der Waals surface area contributed by atoms with Crippen LogP contribution in [-0.2, 0) is 14.3 Å². The van der Waals surface area contributed by atoms with E-state index in [0.717, 1.165) is 6.42 Å². The molecule has 0 aromatic carbocycles. The summed E-state index contributed by atoms with van der Waals surface area (Å²) in [5.41, 5.74) is 5.38. The number of aliphatic carboxylic acids is 1. The van der Waals surface area contributed by atoms with E-state index in [1.807, 2.05) is 0 Å². The van der Waals surface area contributed by atoms with Gasteiger partial charge in [0.15, 0.2) is 0 Å². The van der Waals surface area contributed by atoms with Gasteiger partial charge in [-0.25, -0.2) is 0 Å². The van der Waals surface area contributed by atoms with E-state index in [0.29, 0.717) is 12.5 Å². The highest BCUT2D eigenvalue weighted by molar-refractivity contribution is 5.85. The van der Waals surface area contributed by atoms with Gasteiger partial charge in [-0.05, 0) is 12.3 Å². The van der Waals surface area contributed by atoms with E-state index in [1.54, 1.807) is 0 Å². The summed E-state index contributed by atoms with van der Waals surface area (Å²) in [6, 6.07) is -1.04. The third-order valence-electron chi connectivity index (χ3n) is 3.19. The average Bonchev–Trinajstić information content (AvgIpc) is 2.29. The van der Waals surface area contributed by atoms with E-state index in [4.69, 9.17) is 15.6 Å². The van der Waals surface area contributed by atoms with Gasteiger partial charge in [0.2, 0.25) is 0 Å². The molecular weight excluding hydrogens is 258 g/mol. The molecule has 1 rings (SSSR count). The number of hydrogen-bond donors (Lipinski definition) is 2. The third kappa shape index (κ3) is 6.81. The fraction of sp³-hybridized carbons (Fsp3) is 0.833. The molecule has 0 bridgehead atoms. The first-order valence-electron chi connectivity index (χ1n) is 6.23. The summed E-state index contributed by atoms with van der Waals surface area (Å²) in [5, 5.41) is 8.47. The zero-order valence-corrected chi connectivity index (χ0v) is 11.3. The lowest BCUT2D eigenvalue weighted by Crippen LogP contribution is -2.34. The van der Waals surface area contributed by atoms with Gasteiger partial charge in [0.1, 0.15) is 6.04 Å². The summed E-state index contributed by atoms with van der Waals surface area (Å²) in [6.45, 7) is 0.358. The number of hydrogen-bond acceptors (Lipinski definition) is 4. The first-order chi connectivity index (χ1) is 8.09.